The smallest absolute Gasteiger partial charge is 0.168 e. The summed E-state index contributed by atoms with van der Waals surface area (Å²) in [6, 6.07) is 5.76. The van der Waals surface area contributed by atoms with E-state index in [1.165, 1.54) is 0 Å². The van der Waals surface area contributed by atoms with Crippen LogP contribution in [0.3, 0.4) is 0 Å². The number of hydrogen-bond acceptors (Lipinski definition) is 3. The van der Waals surface area contributed by atoms with Crippen molar-refractivity contribution in [1.29, 1.82) is 0 Å². The normalized spacial score (nSPS) is 9.53. The molecule has 82 valence electrons. The minimum absolute atomic E-state index is 0.228. The molecule has 0 unspecified atom stereocenters. The van der Waals surface area contributed by atoms with Gasteiger partial charge in [0.1, 0.15) is 5.75 Å². The third kappa shape index (κ3) is 2.99. The predicted octanol–water partition coefficient (Wildman–Crippen LogP) is 1.42. The van der Waals surface area contributed by atoms with Gasteiger partial charge in [0.05, 0.1) is 12.8 Å². The summed E-state index contributed by atoms with van der Waals surface area (Å²) in [7, 11) is 5.55. The molecule has 3 N–H and O–H groups in total. The summed E-state index contributed by atoms with van der Waals surface area (Å²) in [4.78, 5) is 1.99. The van der Waals surface area contributed by atoms with E-state index in [1.807, 2.05) is 37.2 Å². The van der Waals surface area contributed by atoms with E-state index < -0.39 is 0 Å². The van der Waals surface area contributed by atoms with Gasteiger partial charge in [0.15, 0.2) is 5.11 Å². The standard InChI is InChI=1S/C10H15N3OS/c1-13(2)7-4-5-8(12-10(11)15)9(6-7)14-3/h4-6H,1-3H3,(H3,11,12,15). The lowest BCUT2D eigenvalue weighted by molar-refractivity contribution is 0.417. The molecule has 15 heavy (non-hydrogen) atoms. The average molecular weight is 225 g/mol. The highest BCUT2D eigenvalue weighted by Gasteiger charge is 2.05. The Labute approximate surface area is 95.0 Å². The quantitative estimate of drug-likeness (QED) is 0.762. The van der Waals surface area contributed by atoms with Gasteiger partial charge in [-0.3, -0.25) is 0 Å². The fraction of sp³-hybridized carbons (Fsp3) is 0.300. The molecule has 0 atom stereocenters. The molecule has 0 saturated heterocycles. The first-order valence-electron chi connectivity index (χ1n) is 4.46. The van der Waals surface area contributed by atoms with Crippen LogP contribution in [-0.4, -0.2) is 26.3 Å². The van der Waals surface area contributed by atoms with Crippen LogP contribution in [0.15, 0.2) is 18.2 Å². The number of nitrogens with zero attached hydrogens (tertiary/aromatic N) is 1. The molecule has 0 fully saturated rings. The second kappa shape index (κ2) is 4.84. The Bertz CT molecular complexity index is 366. The van der Waals surface area contributed by atoms with Crippen molar-refractivity contribution >= 4 is 28.7 Å². The van der Waals surface area contributed by atoms with Gasteiger partial charge < -0.3 is 20.7 Å². The maximum absolute atomic E-state index is 5.40. The predicted molar refractivity (Wildman–Crippen MR) is 67.7 cm³/mol. The number of benzene rings is 1. The van der Waals surface area contributed by atoms with Crippen LogP contribution in [0.4, 0.5) is 11.4 Å². The summed E-state index contributed by atoms with van der Waals surface area (Å²) >= 11 is 4.77. The fourth-order valence-corrected chi connectivity index (χ4v) is 1.30. The molecule has 0 radical (unpaired) electrons. The summed E-state index contributed by atoms with van der Waals surface area (Å²) in [5, 5.41) is 3.08. The zero-order valence-electron chi connectivity index (χ0n) is 9.07. The summed E-state index contributed by atoms with van der Waals surface area (Å²) in [5.41, 5.74) is 7.23. The minimum atomic E-state index is 0.228. The molecule has 4 nitrogen and oxygen atoms in total. The first-order chi connectivity index (χ1) is 7.04. The Morgan fingerprint density at radius 3 is 2.60 bits per heavy atom. The number of anilines is 2. The van der Waals surface area contributed by atoms with Gasteiger partial charge in [0, 0.05) is 25.8 Å². The molecular weight excluding hydrogens is 210 g/mol. The van der Waals surface area contributed by atoms with Crippen LogP contribution in [0.5, 0.6) is 5.75 Å². The van der Waals surface area contributed by atoms with Crippen LogP contribution in [-0.2, 0) is 0 Å². The average Bonchev–Trinajstić information content (AvgIpc) is 2.17. The highest BCUT2D eigenvalue weighted by molar-refractivity contribution is 7.80. The monoisotopic (exact) mass is 225 g/mol. The van der Waals surface area contributed by atoms with Crippen molar-refractivity contribution in [3.8, 4) is 5.75 Å². The van der Waals surface area contributed by atoms with E-state index in [0.29, 0.717) is 5.75 Å². The van der Waals surface area contributed by atoms with Crippen LogP contribution in [0.25, 0.3) is 0 Å². The summed E-state index contributed by atoms with van der Waals surface area (Å²) in [6.07, 6.45) is 0. The summed E-state index contributed by atoms with van der Waals surface area (Å²) in [6.45, 7) is 0. The molecule has 1 aromatic carbocycles. The lowest BCUT2D eigenvalue weighted by Gasteiger charge is -2.16. The van der Waals surface area contributed by atoms with E-state index >= 15 is 0 Å². The molecule has 1 rings (SSSR count). The lowest BCUT2D eigenvalue weighted by atomic mass is 10.2. The lowest BCUT2D eigenvalue weighted by Crippen LogP contribution is -2.19. The second-order valence-corrected chi connectivity index (χ2v) is 3.71. The molecule has 0 spiro atoms. The summed E-state index contributed by atoms with van der Waals surface area (Å²) in [5.74, 6) is 0.717. The van der Waals surface area contributed by atoms with E-state index in [4.69, 9.17) is 22.7 Å². The largest absolute Gasteiger partial charge is 0.494 e. The van der Waals surface area contributed by atoms with E-state index in [1.54, 1.807) is 7.11 Å². The number of rotatable bonds is 3. The maximum Gasteiger partial charge on any atom is 0.168 e. The first-order valence-corrected chi connectivity index (χ1v) is 4.87. The molecule has 0 aliphatic rings. The van der Waals surface area contributed by atoms with Crippen LogP contribution >= 0.6 is 12.2 Å². The molecule has 0 saturated carbocycles. The van der Waals surface area contributed by atoms with Gasteiger partial charge >= 0.3 is 0 Å². The van der Waals surface area contributed by atoms with Gasteiger partial charge in [0.25, 0.3) is 0 Å². The van der Waals surface area contributed by atoms with Crippen LogP contribution in [0.2, 0.25) is 0 Å². The Kier molecular flexibility index (Phi) is 3.74. The SMILES string of the molecule is COc1cc(N(C)C)ccc1NC(N)=S. The number of nitrogens with two attached hydrogens (primary N) is 1. The van der Waals surface area contributed by atoms with Crippen molar-refractivity contribution < 1.29 is 4.74 Å². The first kappa shape index (κ1) is 11.6. The number of thiocarbonyl (C=S) groups is 1. The van der Waals surface area contributed by atoms with Crippen molar-refractivity contribution in [3.63, 3.8) is 0 Å². The Morgan fingerprint density at radius 1 is 1.47 bits per heavy atom. The molecule has 0 aliphatic heterocycles. The van der Waals surface area contributed by atoms with Gasteiger partial charge in [0.2, 0.25) is 0 Å². The van der Waals surface area contributed by atoms with Gasteiger partial charge in [-0.1, -0.05) is 0 Å². The Balaban J connectivity index is 3.03. The second-order valence-electron chi connectivity index (χ2n) is 3.27. The molecule has 0 bridgehead atoms. The molecule has 0 aromatic heterocycles. The number of hydrogen-bond donors (Lipinski definition) is 2. The van der Waals surface area contributed by atoms with E-state index in [-0.39, 0.29) is 5.11 Å². The topological polar surface area (TPSA) is 50.5 Å². The summed E-state index contributed by atoms with van der Waals surface area (Å²) < 4.78 is 5.23. The van der Waals surface area contributed by atoms with Crippen LogP contribution in [0.1, 0.15) is 0 Å². The molecule has 5 heteroatoms. The molecular formula is C10H15N3OS. The zero-order chi connectivity index (χ0) is 11.4. The van der Waals surface area contributed by atoms with Gasteiger partial charge in [-0.05, 0) is 24.4 Å². The number of nitrogens with one attached hydrogen (secondary N) is 1. The van der Waals surface area contributed by atoms with Crippen molar-refractivity contribution in [3.05, 3.63) is 18.2 Å². The van der Waals surface area contributed by atoms with Crippen LogP contribution in [0, 0.1) is 0 Å². The van der Waals surface area contributed by atoms with Crippen molar-refractivity contribution in [2.75, 3.05) is 31.4 Å². The molecule has 0 amide bonds. The van der Waals surface area contributed by atoms with Crippen molar-refractivity contribution in [1.82, 2.24) is 0 Å². The zero-order valence-corrected chi connectivity index (χ0v) is 9.89. The highest BCUT2D eigenvalue weighted by atomic mass is 32.1. The van der Waals surface area contributed by atoms with E-state index in [9.17, 15) is 0 Å². The molecule has 1 aromatic rings. The van der Waals surface area contributed by atoms with Gasteiger partial charge in [-0.15, -0.1) is 0 Å². The Morgan fingerprint density at radius 2 is 2.13 bits per heavy atom. The number of methoxy groups -OCH3 is 1. The van der Waals surface area contributed by atoms with Gasteiger partial charge in [-0.2, -0.15) is 0 Å². The maximum atomic E-state index is 5.40. The van der Waals surface area contributed by atoms with Crippen molar-refractivity contribution in [2.45, 2.75) is 0 Å². The third-order valence-corrected chi connectivity index (χ3v) is 2.06. The number of ether oxygens (including phenoxy) is 1. The van der Waals surface area contributed by atoms with E-state index in [0.717, 1.165) is 11.4 Å². The highest BCUT2D eigenvalue weighted by Crippen LogP contribution is 2.28. The van der Waals surface area contributed by atoms with Crippen LogP contribution < -0.4 is 20.7 Å². The fourth-order valence-electron chi connectivity index (χ4n) is 1.19. The van der Waals surface area contributed by atoms with Crippen molar-refractivity contribution in [2.24, 2.45) is 5.73 Å². The molecule has 0 heterocycles. The van der Waals surface area contributed by atoms with E-state index in [2.05, 4.69) is 5.32 Å². The Hall–Kier alpha value is -1.49. The third-order valence-electron chi connectivity index (χ3n) is 1.96. The molecule has 0 aliphatic carbocycles. The van der Waals surface area contributed by atoms with Gasteiger partial charge in [-0.25, -0.2) is 0 Å². The minimum Gasteiger partial charge on any atom is -0.494 e.